The van der Waals surface area contributed by atoms with E-state index in [2.05, 4.69) is 23.9 Å². The van der Waals surface area contributed by atoms with Crippen molar-refractivity contribution >= 4 is 10.0 Å². The zero-order chi connectivity index (χ0) is 15.6. The van der Waals surface area contributed by atoms with Crippen LogP contribution in [0, 0.1) is 18.8 Å². The van der Waals surface area contributed by atoms with Crippen molar-refractivity contribution in [3.8, 4) is 0 Å². The minimum Gasteiger partial charge on any atom is -0.464 e. The van der Waals surface area contributed by atoms with E-state index < -0.39 is 10.0 Å². The van der Waals surface area contributed by atoms with Crippen LogP contribution in [-0.4, -0.2) is 21.5 Å². The summed E-state index contributed by atoms with van der Waals surface area (Å²) in [6.07, 6.45) is 2.99. The van der Waals surface area contributed by atoms with Crippen LogP contribution in [0.3, 0.4) is 0 Å². The molecule has 2 rings (SSSR count). The number of rotatable bonds is 5. The molecule has 0 radical (unpaired) electrons. The van der Waals surface area contributed by atoms with Crippen LogP contribution in [0.15, 0.2) is 15.4 Å². The van der Waals surface area contributed by atoms with E-state index in [-0.39, 0.29) is 10.9 Å². The molecule has 21 heavy (non-hydrogen) atoms. The molecular formula is C15H26N2O3S. The fraction of sp³-hybridized carbons (Fsp3) is 0.733. The highest BCUT2D eigenvalue weighted by atomic mass is 32.2. The van der Waals surface area contributed by atoms with Gasteiger partial charge in [0.2, 0.25) is 10.0 Å². The maximum atomic E-state index is 12.6. The zero-order valence-corrected chi connectivity index (χ0v) is 14.1. The molecule has 1 fully saturated rings. The second-order valence-electron chi connectivity index (χ2n) is 6.40. The maximum Gasteiger partial charge on any atom is 0.244 e. The summed E-state index contributed by atoms with van der Waals surface area (Å²) >= 11 is 0. The van der Waals surface area contributed by atoms with E-state index in [1.165, 1.54) is 6.42 Å². The van der Waals surface area contributed by atoms with Crippen molar-refractivity contribution in [3.05, 3.63) is 17.6 Å². The summed E-state index contributed by atoms with van der Waals surface area (Å²) in [5, 5.41) is 2.96. The van der Waals surface area contributed by atoms with Gasteiger partial charge in [0.15, 0.2) is 0 Å². The lowest BCUT2D eigenvalue weighted by molar-refractivity contribution is 0.257. The molecule has 0 amide bonds. The predicted octanol–water partition coefficient (Wildman–Crippen LogP) is 2.41. The minimum absolute atomic E-state index is 0.0239. The van der Waals surface area contributed by atoms with Crippen molar-refractivity contribution in [2.45, 2.75) is 57.5 Å². The van der Waals surface area contributed by atoms with Crippen LogP contribution in [0.25, 0.3) is 0 Å². The van der Waals surface area contributed by atoms with Crippen LogP contribution in [0.1, 0.15) is 44.6 Å². The normalized spacial score (nSPS) is 27.0. The largest absolute Gasteiger partial charge is 0.464 e. The van der Waals surface area contributed by atoms with Crippen molar-refractivity contribution in [3.63, 3.8) is 0 Å². The van der Waals surface area contributed by atoms with Gasteiger partial charge in [0.05, 0.1) is 6.54 Å². The van der Waals surface area contributed by atoms with Gasteiger partial charge in [0.1, 0.15) is 16.4 Å². The monoisotopic (exact) mass is 314 g/mol. The highest BCUT2D eigenvalue weighted by Gasteiger charge is 2.29. The molecule has 1 aliphatic carbocycles. The highest BCUT2D eigenvalue weighted by molar-refractivity contribution is 7.89. The molecule has 1 aromatic heterocycles. The zero-order valence-electron chi connectivity index (χ0n) is 13.3. The molecule has 1 aliphatic rings. The first-order valence-corrected chi connectivity index (χ1v) is 9.06. The van der Waals surface area contributed by atoms with Gasteiger partial charge in [0, 0.05) is 12.1 Å². The Morgan fingerprint density at radius 3 is 2.43 bits per heavy atom. The molecule has 0 aromatic carbocycles. The maximum absolute atomic E-state index is 12.6. The fourth-order valence-electron chi connectivity index (χ4n) is 3.38. The van der Waals surface area contributed by atoms with Gasteiger partial charge in [-0.15, -0.1) is 0 Å². The first kappa shape index (κ1) is 16.5. The number of hydrogen-bond acceptors (Lipinski definition) is 4. The topological polar surface area (TPSA) is 71.3 Å². The van der Waals surface area contributed by atoms with Gasteiger partial charge in [-0.05, 0) is 45.1 Å². The van der Waals surface area contributed by atoms with Gasteiger partial charge >= 0.3 is 0 Å². The van der Waals surface area contributed by atoms with Gasteiger partial charge in [0.25, 0.3) is 0 Å². The predicted molar refractivity (Wildman–Crippen MR) is 82.5 cm³/mol. The number of aryl methyl sites for hydroxylation is 1. The van der Waals surface area contributed by atoms with Gasteiger partial charge in [-0.2, -0.15) is 0 Å². The molecule has 1 aromatic rings. The van der Waals surface area contributed by atoms with Crippen LogP contribution in [0.5, 0.6) is 0 Å². The molecule has 2 atom stereocenters. The molecule has 0 aliphatic heterocycles. The molecule has 2 unspecified atom stereocenters. The lowest BCUT2D eigenvalue weighted by atomic mass is 9.81. The van der Waals surface area contributed by atoms with Crippen molar-refractivity contribution in [2.24, 2.45) is 11.8 Å². The lowest BCUT2D eigenvalue weighted by Crippen LogP contribution is -2.40. The summed E-state index contributed by atoms with van der Waals surface area (Å²) in [7, 11) is -1.71. The van der Waals surface area contributed by atoms with E-state index in [0.29, 0.717) is 29.9 Å². The third-order valence-electron chi connectivity index (χ3n) is 4.06. The molecule has 2 N–H and O–H groups in total. The summed E-state index contributed by atoms with van der Waals surface area (Å²) in [4.78, 5) is 0.263. The van der Waals surface area contributed by atoms with E-state index in [4.69, 9.17) is 4.42 Å². The Labute approximate surface area is 127 Å². The van der Waals surface area contributed by atoms with E-state index in [1.807, 2.05) is 0 Å². The van der Waals surface area contributed by atoms with E-state index in [0.717, 1.165) is 12.8 Å². The van der Waals surface area contributed by atoms with Crippen molar-refractivity contribution in [1.82, 2.24) is 10.0 Å². The first-order valence-electron chi connectivity index (χ1n) is 7.58. The van der Waals surface area contributed by atoms with Crippen molar-refractivity contribution in [1.29, 1.82) is 0 Å². The average Bonchev–Trinajstić information content (AvgIpc) is 2.69. The molecule has 0 spiro atoms. The van der Waals surface area contributed by atoms with Crippen LogP contribution >= 0.6 is 0 Å². The van der Waals surface area contributed by atoms with Gasteiger partial charge in [-0.25, -0.2) is 13.1 Å². The summed E-state index contributed by atoms with van der Waals surface area (Å²) in [5.41, 5.74) is 0. The molecule has 1 heterocycles. The average molecular weight is 314 g/mol. The van der Waals surface area contributed by atoms with Gasteiger partial charge in [-0.1, -0.05) is 13.8 Å². The molecule has 0 bridgehead atoms. The summed E-state index contributed by atoms with van der Waals surface area (Å²) in [6, 6.07) is 1.64. The fourth-order valence-corrected chi connectivity index (χ4v) is 4.84. The number of hydrogen-bond donors (Lipinski definition) is 2. The Morgan fingerprint density at radius 1 is 1.24 bits per heavy atom. The minimum atomic E-state index is -3.51. The molecule has 0 saturated heterocycles. The smallest absolute Gasteiger partial charge is 0.244 e. The van der Waals surface area contributed by atoms with Crippen molar-refractivity contribution < 1.29 is 12.8 Å². The first-order chi connectivity index (χ1) is 9.81. The molecule has 5 nitrogen and oxygen atoms in total. The molecule has 120 valence electrons. The SMILES string of the molecule is CNCc1cc(S(=O)(=O)NC2CC(C)CC(C)C2)c(C)o1. The Balaban J connectivity index is 2.14. The Hall–Kier alpha value is -0.850. The Kier molecular flexibility index (Phi) is 5.11. The van der Waals surface area contributed by atoms with Crippen LogP contribution in [0.2, 0.25) is 0 Å². The molecule has 6 heteroatoms. The quantitative estimate of drug-likeness (QED) is 0.875. The second kappa shape index (κ2) is 6.50. The third kappa shape index (κ3) is 4.08. The van der Waals surface area contributed by atoms with E-state index in [9.17, 15) is 8.42 Å². The Bertz CT molecular complexity index is 570. The second-order valence-corrected chi connectivity index (χ2v) is 8.08. The molecule has 1 saturated carbocycles. The third-order valence-corrected chi connectivity index (χ3v) is 5.69. The number of furan rings is 1. The summed E-state index contributed by atoms with van der Waals surface area (Å²) in [6.45, 7) is 6.59. The lowest BCUT2D eigenvalue weighted by Gasteiger charge is -2.31. The molecular weight excluding hydrogens is 288 g/mol. The number of nitrogens with one attached hydrogen (secondary N) is 2. The summed E-state index contributed by atoms with van der Waals surface area (Å²) in [5.74, 6) is 2.21. The highest BCUT2D eigenvalue weighted by Crippen LogP contribution is 2.30. The Morgan fingerprint density at radius 2 is 1.86 bits per heavy atom. The van der Waals surface area contributed by atoms with Crippen LogP contribution < -0.4 is 10.0 Å². The van der Waals surface area contributed by atoms with Crippen LogP contribution in [-0.2, 0) is 16.6 Å². The summed E-state index contributed by atoms with van der Waals surface area (Å²) < 4.78 is 33.5. The van der Waals surface area contributed by atoms with Gasteiger partial charge in [-0.3, -0.25) is 0 Å². The standard InChI is InChI=1S/C15H26N2O3S/c1-10-5-11(2)7-13(6-10)17-21(18,19)15-8-14(9-16-4)20-12(15)3/h8,10-11,13,16-17H,5-7,9H2,1-4H3. The van der Waals surface area contributed by atoms with E-state index >= 15 is 0 Å². The van der Waals surface area contributed by atoms with Crippen LogP contribution in [0.4, 0.5) is 0 Å². The van der Waals surface area contributed by atoms with Gasteiger partial charge < -0.3 is 9.73 Å². The van der Waals surface area contributed by atoms with E-state index in [1.54, 1.807) is 20.0 Å². The number of sulfonamides is 1. The van der Waals surface area contributed by atoms with Crippen molar-refractivity contribution in [2.75, 3.05) is 7.05 Å².